The van der Waals surface area contributed by atoms with E-state index in [9.17, 15) is 4.79 Å². The number of hydrogen-bond acceptors (Lipinski definition) is 1. The Morgan fingerprint density at radius 3 is 2.81 bits per heavy atom. The Hall–Kier alpha value is -1.09. The fourth-order valence-electron chi connectivity index (χ4n) is 1.98. The minimum atomic E-state index is 0.407. The van der Waals surface area contributed by atoms with E-state index >= 15 is 0 Å². The van der Waals surface area contributed by atoms with Gasteiger partial charge in [-0.3, -0.25) is 0 Å². The van der Waals surface area contributed by atoms with E-state index in [2.05, 4.69) is 52.7 Å². The smallest absolute Gasteiger partial charge is 0.124 e. The Kier molecular flexibility index (Phi) is 3.15. The standard InChI is InChI=1S/C13H14BrNO/c1-9(2)15-8-10(5-6-16)12-7-11(14)3-4-13(12)15/h3-4,6-9H,5H2,1-2H3. The Bertz CT molecular complexity index is 528. The zero-order chi connectivity index (χ0) is 11.7. The van der Waals surface area contributed by atoms with Crippen molar-refractivity contribution in [2.24, 2.45) is 0 Å². The average molecular weight is 280 g/mol. The van der Waals surface area contributed by atoms with Crippen molar-refractivity contribution in [3.8, 4) is 0 Å². The topological polar surface area (TPSA) is 22.0 Å². The molecule has 0 aliphatic heterocycles. The van der Waals surface area contributed by atoms with E-state index in [1.54, 1.807) is 0 Å². The summed E-state index contributed by atoms with van der Waals surface area (Å²) < 4.78 is 3.26. The second kappa shape index (κ2) is 4.42. The van der Waals surface area contributed by atoms with Crippen LogP contribution < -0.4 is 0 Å². The summed E-state index contributed by atoms with van der Waals surface area (Å²) in [6.07, 6.45) is 3.52. The summed E-state index contributed by atoms with van der Waals surface area (Å²) in [5.41, 5.74) is 2.29. The monoisotopic (exact) mass is 279 g/mol. The number of hydrogen-bond donors (Lipinski definition) is 0. The molecule has 0 N–H and O–H groups in total. The van der Waals surface area contributed by atoms with Gasteiger partial charge in [-0.15, -0.1) is 0 Å². The van der Waals surface area contributed by atoms with E-state index < -0.39 is 0 Å². The lowest BCUT2D eigenvalue weighted by Gasteiger charge is -2.08. The predicted molar refractivity (Wildman–Crippen MR) is 69.8 cm³/mol. The van der Waals surface area contributed by atoms with E-state index in [1.165, 1.54) is 5.52 Å². The second-order valence-corrected chi connectivity index (χ2v) is 5.10. The lowest BCUT2D eigenvalue weighted by atomic mass is 10.1. The minimum absolute atomic E-state index is 0.407. The van der Waals surface area contributed by atoms with E-state index in [0.717, 1.165) is 21.7 Å². The van der Waals surface area contributed by atoms with Gasteiger partial charge in [0, 0.05) is 34.0 Å². The van der Waals surface area contributed by atoms with Crippen LogP contribution >= 0.6 is 15.9 Å². The summed E-state index contributed by atoms with van der Waals surface area (Å²) in [6.45, 7) is 4.29. The highest BCUT2D eigenvalue weighted by atomic mass is 79.9. The van der Waals surface area contributed by atoms with Crippen LogP contribution in [0.5, 0.6) is 0 Å². The molecule has 2 nitrogen and oxygen atoms in total. The number of halogens is 1. The number of rotatable bonds is 3. The number of fused-ring (bicyclic) bond motifs is 1. The zero-order valence-corrected chi connectivity index (χ0v) is 11.0. The summed E-state index contributed by atoms with van der Waals surface area (Å²) >= 11 is 3.47. The molecule has 1 aromatic heterocycles. The summed E-state index contributed by atoms with van der Waals surface area (Å²) in [7, 11) is 0. The molecule has 0 saturated heterocycles. The number of carbonyl (C=O) groups is 1. The molecule has 16 heavy (non-hydrogen) atoms. The maximum absolute atomic E-state index is 10.7. The van der Waals surface area contributed by atoms with Crippen molar-refractivity contribution < 1.29 is 4.79 Å². The van der Waals surface area contributed by atoms with Crippen molar-refractivity contribution in [2.45, 2.75) is 26.3 Å². The van der Waals surface area contributed by atoms with Gasteiger partial charge >= 0.3 is 0 Å². The van der Waals surface area contributed by atoms with Crippen LogP contribution in [0.25, 0.3) is 10.9 Å². The quantitative estimate of drug-likeness (QED) is 0.785. The number of nitrogens with zero attached hydrogens (tertiary/aromatic N) is 1. The van der Waals surface area contributed by atoms with Gasteiger partial charge in [0.25, 0.3) is 0 Å². The van der Waals surface area contributed by atoms with Gasteiger partial charge < -0.3 is 9.36 Å². The SMILES string of the molecule is CC(C)n1cc(CC=O)c2cc(Br)ccc21. The lowest BCUT2D eigenvalue weighted by Crippen LogP contribution is -1.97. The fraction of sp³-hybridized carbons (Fsp3) is 0.308. The van der Waals surface area contributed by atoms with Gasteiger partial charge in [0.05, 0.1) is 0 Å². The Morgan fingerprint density at radius 2 is 2.19 bits per heavy atom. The Morgan fingerprint density at radius 1 is 1.44 bits per heavy atom. The fourth-order valence-corrected chi connectivity index (χ4v) is 2.34. The summed E-state index contributed by atoms with van der Waals surface area (Å²) in [5.74, 6) is 0. The largest absolute Gasteiger partial charge is 0.345 e. The van der Waals surface area contributed by atoms with Crippen LogP contribution in [0.1, 0.15) is 25.5 Å². The Labute approximate surface area is 103 Å². The molecule has 1 heterocycles. The average Bonchev–Trinajstić information content (AvgIpc) is 2.58. The van der Waals surface area contributed by atoms with Crippen LogP contribution in [0.3, 0.4) is 0 Å². The maximum Gasteiger partial charge on any atom is 0.124 e. The number of aromatic nitrogens is 1. The van der Waals surface area contributed by atoms with E-state index in [0.29, 0.717) is 12.5 Å². The molecular formula is C13H14BrNO. The molecule has 0 unspecified atom stereocenters. The maximum atomic E-state index is 10.7. The number of benzene rings is 1. The molecule has 0 atom stereocenters. The predicted octanol–water partition coefficient (Wildman–Crippen LogP) is 3.73. The van der Waals surface area contributed by atoms with Crippen LogP contribution in [0.4, 0.5) is 0 Å². The molecule has 0 amide bonds. The highest BCUT2D eigenvalue weighted by Crippen LogP contribution is 2.27. The molecule has 0 bridgehead atoms. The zero-order valence-electron chi connectivity index (χ0n) is 9.40. The molecule has 1 aromatic carbocycles. The number of aldehydes is 1. The third kappa shape index (κ3) is 1.92. The van der Waals surface area contributed by atoms with Crippen LogP contribution in [0, 0.1) is 0 Å². The molecule has 0 aliphatic rings. The molecule has 0 saturated carbocycles. The van der Waals surface area contributed by atoms with Crippen molar-refractivity contribution in [3.63, 3.8) is 0 Å². The molecule has 2 rings (SSSR count). The van der Waals surface area contributed by atoms with Gasteiger partial charge in [-0.25, -0.2) is 0 Å². The second-order valence-electron chi connectivity index (χ2n) is 4.19. The third-order valence-electron chi connectivity index (χ3n) is 2.74. The van der Waals surface area contributed by atoms with Gasteiger partial charge in [-0.2, -0.15) is 0 Å². The van der Waals surface area contributed by atoms with Crippen molar-refractivity contribution in [2.75, 3.05) is 0 Å². The van der Waals surface area contributed by atoms with Crippen LogP contribution in [0.15, 0.2) is 28.9 Å². The van der Waals surface area contributed by atoms with Gasteiger partial charge in [-0.05, 0) is 37.6 Å². The van der Waals surface area contributed by atoms with Crippen LogP contribution in [-0.4, -0.2) is 10.9 Å². The first-order valence-corrected chi connectivity index (χ1v) is 6.15. The van der Waals surface area contributed by atoms with Crippen molar-refractivity contribution in [1.82, 2.24) is 4.57 Å². The van der Waals surface area contributed by atoms with Crippen molar-refractivity contribution in [1.29, 1.82) is 0 Å². The molecule has 0 fully saturated rings. The molecule has 0 radical (unpaired) electrons. The number of carbonyl (C=O) groups excluding carboxylic acids is 1. The van der Waals surface area contributed by atoms with Crippen LogP contribution in [-0.2, 0) is 11.2 Å². The molecule has 0 aliphatic carbocycles. The van der Waals surface area contributed by atoms with E-state index in [4.69, 9.17) is 0 Å². The van der Waals surface area contributed by atoms with Crippen molar-refractivity contribution in [3.05, 3.63) is 34.4 Å². The summed E-state index contributed by atoms with van der Waals surface area (Å²) in [4.78, 5) is 10.7. The molecule has 84 valence electrons. The van der Waals surface area contributed by atoms with Gasteiger partial charge in [-0.1, -0.05) is 15.9 Å². The van der Waals surface area contributed by atoms with Gasteiger partial charge in [0.1, 0.15) is 6.29 Å². The Balaban J connectivity index is 2.70. The van der Waals surface area contributed by atoms with E-state index in [-0.39, 0.29) is 0 Å². The highest BCUT2D eigenvalue weighted by Gasteiger charge is 2.10. The lowest BCUT2D eigenvalue weighted by molar-refractivity contribution is -0.107. The minimum Gasteiger partial charge on any atom is -0.345 e. The normalized spacial score (nSPS) is 11.2. The first-order chi connectivity index (χ1) is 7.63. The third-order valence-corrected chi connectivity index (χ3v) is 3.23. The first-order valence-electron chi connectivity index (χ1n) is 5.36. The molecule has 0 spiro atoms. The molecule has 3 heteroatoms. The van der Waals surface area contributed by atoms with Crippen LogP contribution in [0.2, 0.25) is 0 Å². The first kappa shape index (κ1) is 11.4. The summed E-state index contributed by atoms with van der Waals surface area (Å²) in [5, 5.41) is 1.16. The molecular weight excluding hydrogens is 266 g/mol. The van der Waals surface area contributed by atoms with Gasteiger partial charge in [0.2, 0.25) is 0 Å². The summed E-state index contributed by atoms with van der Waals surface area (Å²) in [6, 6.07) is 6.61. The molecule has 2 aromatic rings. The van der Waals surface area contributed by atoms with Crippen molar-refractivity contribution >= 4 is 33.1 Å². The van der Waals surface area contributed by atoms with Gasteiger partial charge in [0.15, 0.2) is 0 Å². The highest BCUT2D eigenvalue weighted by molar-refractivity contribution is 9.10. The van der Waals surface area contributed by atoms with E-state index in [1.807, 2.05) is 6.07 Å².